The third-order valence-corrected chi connectivity index (χ3v) is 3.54. The van der Waals surface area contributed by atoms with Gasteiger partial charge >= 0.3 is 0 Å². The number of H-pyrrole nitrogens is 1. The summed E-state index contributed by atoms with van der Waals surface area (Å²) in [5.41, 5.74) is 0.333. The van der Waals surface area contributed by atoms with Crippen molar-refractivity contribution in [3.63, 3.8) is 0 Å². The molecule has 3 aromatic rings. The second-order valence-electron chi connectivity index (χ2n) is 4.70. The largest absolute Gasteiger partial charge is 0.497 e. The van der Waals surface area contributed by atoms with E-state index in [0.29, 0.717) is 22.0 Å². The first-order valence-electron chi connectivity index (χ1n) is 6.87. The van der Waals surface area contributed by atoms with Gasteiger partial charge in [-0.15, -0.1) is 0 Å². The van der Waals surface area contributed by atoms with Crippen LogP contribution in [-0.4, -0.2) is 21.9 Å². The van der Waals surface area contributed by atoms with Crippen molar-refractivity contribution in [3.8, 4) is 17.2 Å². The molecule has 118 valence electrons. The van der Waals surface area contributed by atoms with Crippen LogP contribution in [-0.2, 0) is 6.61 Å². The molecular weight excluding hydrogens is 317 g/mol. The first-order chi connectivity index (χ1) is 11.2. The second-order valence-corrected chi connectivity index (χ2v) is 5.08. The summed E-state index contributed by atoms with van der Waals surface area (Å²) in [6.07, 6.45) is 0. The summed E-state index contributed by atoms with van der Waals surface area (Å²) in [5, 5.41) is 6.78. The van der Waals surface area contributed by atoms with Crippen molar-refractivity contribution in [2.75, 3.05) is 7.11 Å². The minimum absolute atomic E-state index is 0.147. The van der Waals surface area contributed by atoms with Gasteiger partial charge in [0, 0.05) is 0 Å². The molecule has 0 bridgehead atoms. The van der Waals surface area contributed by atoms with Crippen LogP contribution in [0.25, 0.3) is 5.69 Å². The molecule has 0 amide bonds. The minimum atomic E-state index is -0.379. The molecule has 1 N–H and O–H groups in total. The third-order valence-electron chi connectivity index (χ3n) is 3.26. The molecule has 7 heteroatoms. The average Bonchev–Trinajstić information content (AvgIpc) is 2.94. The molecule has 0 unspecified atom stereocenters. The van der Waals surface area contributed by atoms with Gasteiger partial charge in [-0.25, -0.2) is 4.39 Å². The number of hydrogen-bond donors (Lipinski definition) is 1. The highest BCUT2D eigenvalue weighted by molar-refractivity contribution is 7.71. The topological polar surface area (TPSA) is 52.1 Å². The van der Waals surface area contributed by atoms with Crippen molar-refractivity contribution >= 4 is 12.2 Å². The van der Waals surface area contributed by atoms with E-state index in [2.05, 4.69) is 10.2 Å². The van der Waals surface area contributed by atoms with Gasteiger partial charge in [0.2, 0.25) is 0 Å². The molecule has 1 aromatic heterocycles. The summed E-state index contributed by atoms with van der Waals surface area (Å²) in [5.74, 6) is 1.50. The number of ether oxygens (including phenoxy) is 2. The van der Waals surface area contributed by atoms with Crippen LogP contribution in [0, 0.1) is 10.6 Å². The average molecular weight is 331 g/mol. The number of nitrogens with zero attached hydrogens (tertiary/aromatic N) is 2. The Balaban J connectivity index is 1.84. The molecule has 0 aliphatic carbocycles. The van der Waals surface area contributed by atoms with E-state index in [1.54, 1.807) is 49.6 Å². The Labute approximate surface area is 137 Å². The minimum Gasteiger partial charge on any atom is -0.497 e. The van der Waals surface area contributed by atoms with Crippen molar-refractivity contribution in [3.05, 3.63) is 64.9 Å². The number of aromatic amines is 1. The summed E-state index contributed by atoms with van der Waals surface area (Å²) in [6.45, 7) is 0.147. The Bertz CT molecular complexity index is 858. The molecule has 1 heterocycles. The molecule has 2 aromatic carbocycles. The monoisotopic (exact) mass is 331 g/mol. The molecule has 0 aliphatic rings. The van der Waals surface area contributed by atoms with Gasteiger partial charge in [-0.3, -0.25) is 9.67 Å². The number of halogens is 1. The number of para-hydroxylation sites is 1. The Morgan fingerprint density at radius 2 is 1.83 bits per heavy atom. The van der Waals surface area contributed by atoms with Gasteiger partial charge in [-0.05, 0) is 48.6 Å². The van der Waals surface area contributed by atoms with E-state index in [1.165, 1.54) is 10.6 Å². The highest BCUT2D eigenvalue weighted by Gasteiger charge is 2.12. The second kappa shape index (κ2) is 6.62. The fourth-order valence-electron chi connectivity index (χ4n) is 2.13. The molecule has 3 rings (SSSR count). The van der Waals surface area contributed by atoms with E-state index in [1.807, 2.05) is 0 Å². The molecule has 0 saturated heterocycles. The Kier molecular flexibility index (Phi) is 4.38. The summed E-state index contributed by atoms with van der Waals surface area (Å²) in [6, 6.07) is 13.5. The molecular formula is C16H14FN3O2S. The fourth-order valence-corrected chi connectivity index (χ4v) is 2.38. The van der Waals surface area contributed by atoms with Gasteiger partial charge in [-0.2, -0.15) is 5.10 Å². The van der Waals surface area contributed by atoms with E-state index < -0.39 is 0 Å². The summed E-state index contributed by atoms with van der Waals surface area (Å²) in [4.78, 5) is 0. The summed E-state index contributed by atoms with van der Waals surface area (Å²) < 4.78 is 26.6. The van der Waals surface area contributed by atoms with Crippen LogP contribution in [0.5, 0.6) is 11.5 Å². The molecule has 5 nitrogen and oxygen atoms in total. The number of nitrogens with one attached hydrogen (secondary N) is 1. The molecule has 23 heavy (non-hydrogen) atoms. The van der Waals surface area contributed by atoms with Gasteiger partial charge in [0.25, 0.3) is 0 Å². The zero-order valence-electron chi connectivity index (χ0n) is 12.3. The van der Waals surface area contributed by atoms with E-state index in [9.17, 15) is 4.39 Å². The van der Waals surface area contributed by atoms with Crippen molar-refractivity contribution < 1.29 is 13.9 Å². The first-order valence-corrected chi connectivity index (χ1v) is 7.28. The molecule has 0 radical (unpaired) electrons. The lowest BCUT2D eigenvalue weighted by Gasteiger charge is -2.09. The van der Waals surface area contributed by atoms with Gasteiger partial charge in [0.1, 0.15) is 23.9 Å². The third kappa shape index (κ3) is 3.24. The van der Waals surface area contributed by atoms with E-state index >= 15 is 0 Å². The molecule has 0 aliphatic heterocycles. The number of hydrogen-bond acceptors (Lipinski definition) is 4. The Morgan fingerprint density at radius 3 is 2.52 bits per heavy atom. The quantitative estimate of drug-likeness (QED) is 0.725. The lowest BCUT2D eigenvalue weighted by molar-refractivity contribution is 0.292. The SMILES string of the molecule is COc1ccc(OCc2n[nH]c(=S)n2-c2ccccc2F)cc1. The number of aromatic nitrogens is 3. The van der Waals surface area contributed by atoms with Crippen LogP contribution in [0.2, 0.25) is 0 Å². The van der Waals surface area contributed by atoms with Gasteiger partial charge in [0.05, 0.1) is 12.8 Å². The van der Waals surface area contributed by atoms with Crippen LogP contribution >= 0.6 is 12.2 Å². The van der Waals surface area contributed by atoms with Crippen molar-refractivity contribution in [2.24, 2.45) is 0 Å². The van der Waals surface area contributed by atoms with Crippen LogP contribution in [0.1, 0.15) is 5.82 Å². The highest BCUT2D eigenvalue weighted by atomic mass is 32.1. The van der Waals surface area contributed by atoms with Crippen molar-refractivity contribution in [2.45, 2.75) is 6.61 Å². The van der Waals surface area contributed by atoms with Crippen LogP contribution < -0.4 is 9.47 Å². The number of rotatable bonds is 5. The van der Waals surface area contributed by atoms with Gasteiger partial charge < -0.3 is 9.47 Å². The zero-order valence-corrected chi connectivity index (χ0v) is 13.1. The molecule has 0 spiro atoms. The normalized spacial score (nSPS) is 10.5. The fraction of sp³-hybridized carbons (Fsp3) is 0.125. The van der Waals surface area contributed by atoms with Crippen LogP contribution in [0.15, 0.2) is 48.5 Å². The maximum atomic E-state index is 14.0. The maximum absolute atomic E-state index is 14.0. The van der Waals surface area contributed by atoms with E-state index in [4.69, 9.17) is 21.7 Å². The molecule has 0 atom stereocenters. The maximum Gasteiger partial charge on any atom is 0.200 e. The smallest absolute Gasteiger partial charge is 0.200 e. The Morgan fingerprint density at radius 1 is 1.13 bits per heavy atom. The van der Waals surface area contributed by atoms with Crippen LogP contribution in [0.3, 0.4) is 0 Å². The highest BCUT2D eigenvalue weighted by Crippen LogP contribution is 2.19. The number of benzene rings is 2. The standard InChI is InChI=1S/C16H14FN3O2S/c1-21-11-6-8-12(9-7-11)22-10-15-18-19-16(23)20(15)14-5-3-2-4-13(14)17/h2-9H,10H2,1H3,(H,19,23). The Hall–Kier alpha value is -2.67. The number of methoxy groups -OCH3 is 1. The van der Waals surface area contributed by atoms with Crippen molar-refractivity contribution in [1.29, 1.82) is 0 Å². The summed E-state index contributed by atoms with van der Waals surface area (Å²) >= 11 is 5.18. The first kappa shape index (κ1) is 15.2. The van der Waals surface area contributed by atoms with E-state index in [-0.39, 0.29) is 12.4 Å². The van der Waals surface area contributed by atoms with Crippen molar-refractivity contribution in [1.82, 2.24) is 14.8 Å². The van der Waals surface area contributed by atoms with Gasteiger partial charge in [-0.1, -0.05) is 12.1 Å². The predicted molar refractivity (Wildman–Crippen MR) is 86.0 cm³/mol. The molecule has 0 fully saturated rings. The summed E-state index contributed by atoms with van der Waals surface area (Å²) in [7, 11) is 1.60. The lowest BCUT2D eigenvalue weighted by Crippen LogP contribution is -2.07. The lowest BCUT2D eigenvalue weighted by atomic mass is 10.3. The van der Waals surface area contributed by atoms with E-state index in [0.717, 1.165) is 5.75 Å². The van der Waals surface area contributed by atoms with Gasteiger partial charge in [0.15, 0.2) is 10.6 Å². The predicted octanol–water partition coefficient (Wildman–Crippen LogP) is 3.66. The van der Waals surface area contributed by atoms with Crippen LogP contribution in [0.4, 0.5) is 4.39 Å². The molecule has 0 saturated carbocycles. The zero-order chi connectivity index (χ0) is 16.2.